The molecule has 0 rings (SSSR count). The predicted molar refractivity (Wildman–Crippen MR) is 115 cm³/mol. The molecule has 0 atom stereocenters. The second kappa shape index (κ2) is 25.9. The summed E-state index contributed by atoms with van der Waals surface area (Å²) < 4.78 is 21.1. The molecule has 0 aromatic carbocycles. The lowest BCUT2D eigenvalue weighted by Crippen LogP contribution is -2.33. The minimum atomic E-state index is -0.332. The minimum Gasteiger partial charge on any atom is -0.379 e. The maximum atomic E-state index is 11.7. The number of carbonyl (C=O) groups excluding carboxylic acids is 4. The van der Waals surface area contributed by atoms with Gasteiger partial charge in [-0.1, -0.05) is 0 Å². The van der Waals surface area contributed by atoms with E-state index >= 15 is 0 Å². The van der Waals surface area contributed by atoms with Crippen molar-refractivity contribution in [2.45, 2.75) is 12.8 Å². The number of carbonyl (C=O) groups is 4. The molecule has 0 radical (unpaired) electrons. The highest BCUT2D eigenvalue weighted by molar-refractivity contribution is 5.91. The molecule has 0 aliphatic rings. The molecule has 0 spiro atoms. The summed E-state index contributed by atoms with van der Waals surface area (Å²) in [6.07, 6.45) is 4.16. The Bertz CT molecular complexity index is 489. The number of nitrogens with one attached hydrogen (secondary N) is 1. The first kappa shape index (κ1) is 31.0. The van der Waals surface area contributed by atoms with Crippen molar-refractivity contribution in [3.63, 3.8) is 0 Å². The van der Waals surface area contributed by atoms with Crippen molar-refractivity contribution in [1.82, 2.24) is 10.2 Å². The number of nitrogens with two attached hydrogens (primary N) is 1. The van der Waals surface area contributed by atoms with E-state index in [0.29, 0.717) is 72.1 Å². The van der Waals surface area contributed by atoms with E-state index in [-0.39, 0.29) is 24.8 Å². The molecular weight excluding hydrogens is 410 g/mol. The summed E-state index contributed by atoms with van der Waals surface area (Å²) in [5, 5.41) is 2.70. The first-order valence-corrected chi connectivity index (χ1v) is 10.1. The Morgan fingerprint density at radius 2 is 1.39 bits per heavy atom. The third-order valence-corrected chi connectivity index (χ3v) is 3.43. The van der Waals surface area contributed by atoms with E-state index in [0.717, 1.165) is 18.4 Å². The van der Waals surface area contributed by atoms with Gasteiger partial charge in [0.05, 0.1) is 52.9 Å². The molecule has 31 heavy (non-hydrogen) atoms. The summed E-state index contributed by atoms with van der Waals surface area (Å²) in [7, 11) is 3.06. The molecule has 0 aromatic heterocycles. The second-order valence-corrected chi connectivity index (χ2v) is 5.76. The van der Waals surface area contributed by atoms with Crippen LogP contribution in [-0.4, -0.2) is 109 Å². The van der Waals surface area contributed by atoms with Crippen LogP contribution in [0.2, 0.25) is 0 Å². The number of nitrogens with zero attached hydrogens (tertiary/aromatic N) is 1. The number of allylic oxidation sites excluding steroid dienone is 1. The third kappa shape index (κ3) is 24.0. The molecule has 3 N–H and O–H groups in total. The average Bonchev–Trinajstić information content (AvgIpc) is 2.79. The smallest absolute Gasteiger partial charge is 0.246 e. The SMILES string of the molecule is CN.CN(CCC(=O)NCCOCCOCCOCCOCCC=O)C(=O)/C=C\C=O. The van der Waals surface area contributed by atoms with Crippen LogP contribution in [0.25, 0.3) is 0 Å². The normalized spacial score (nSPS) is 10.3. The Morgan fingerprint density at radius 1 is 0.871 bits per heavy atom. The Hall–Kier alpha value is -2.18. The Labute approximate surface area is 184 Å². The summed E-state index contributed by atoms with van der Waals surface area (Å²) in [6, 6.07) is 0. The van der Waals surface area contributed by atoms with Crippen molar-refractivity contribution in [1.29, 1.82) is 0 Å². The van der Waals surface area contributed by atoms with E-state index in [9.17, 15) is 19.2 Å². The number of rotatable bonds is 20. The zero-order chi connectivity index (χ0) is 23.6. The van der Waals surface area contributed by atoms with Crippen LogP contribution in [0.1, 0.15) is 12.8 Å². The molecule has 2 amide bonds. The molecule has 11 nitrogen and oxygen atoms in total. The first-order valence-electron chi connectivity index (χ1n) is 10.1. The minimum absolute atomic E-state index is 0.169. The molecule has 0 unspecified atom stereocenters. The van der Waals surface area contributed by atoms with E-state index in [1.54, 1.807) is 7.05 Å². The average molecular weight is 448 g/mol. The molecule has 0 aliphatic heterocycles. The highest BCUT2D eigenvalue weighted by atomic mass is 16.6. The predicted octanol–water partition coefficient (Wildman–Crippen LogP) is -1.06. The van der Waals surface area contributed by atoms with Crippen molar-refractivity contribution in [3.8, 4) is 0 Å². The van der Waals surface area contributed by atoms with Gasteiger partial charge in [-0.05, 0) is 13.1 Å². The fourth-order valence-electron chi connectivity index (χ4n) is 1.87. The summed E-state index contributed by atoms with van der Waals surface area (Å²) in [6.45, 7) is 4.05. The van der Waals surface area contributed by atoms with Gasteiger partial charge >= 0.3 is 0 Å². The van der Waals surface area contributed by atoms with Gasteiger partial charge in [0.15, 0.2) is 0 Å². The first-order chi connectivity index (χ1) is 15.1. The standard InChI is InChI=1S/C19H32N2O8.CH5N/c1-21(19(25)4-2-8-22)7-5-18(24)20-6-11-27-13-15-29-17-16-28-14-12-26-10-3-9-23;1-2/h2,4,8-9H,3,5-7,10-17H2,1H3,(H,20,24);2H2,1H3/b4-2-;. The van der Waals surface area contributed by atoms with Gasteiger partial charge in [-0.3, -0.25) is 14.4 Å². The molecule has 0 aliphatic carbocycles. The number of amides is 2. The van der Waals surface area contributed by atoms with Gasteiger partial charge in [0.1, 0.15) is 12.6 Å². The summed E-state index contributed by atoms with van der Waals surface area (Å²) in [4.78, 5) is 44.8. The number of ether oxygens (including phenoxy) is 4. The summed E-state index contributed by atoms with van der Waals surface area (Å²) in [5.74, 6) is -0.516. The van der Waals surface area contributed by atoms with Crippen LogP contribution in [0.3, 0.4) is 0 Å². The van der Waals surface area contributed by atoms with E-state index in [1.807, 2.05) is 0 Å². The lowest BCUT2D eigenvalue weighted by Gasteiger charge is -2.14. The van der Waals surface area contributed by atoms with Crippen LogP contribution < -0.4 is 11.1 Å². The van der Waals surface area contributed by atoms with Crippen molar-refractivity contribution < 1.29 is 38.1 Å². The van der Waals surface area contributed by atoms with Gasteiger partial charge in [-0.2, -0.15) is 0 Å². The third-order valence-electron chi connectivity index (χ3n) is 3.43. The van der Waals surface area contributed by atoms with Crippen LogP contribution in [0.4, 0.5) is 0 Å². The molecule has 0 saturated heterocycles. The maximum absolute atomic E-state index is 11.7. The Kier molecular flexibility index (Phi) is 25.9. The van der Waals surface area contributed by atoms with Crippen molar-refractivity contribution in [2.75, 3.05) is 80.0 Å². The molecule has 0 saturated carbocycles. The van der Waals surface area contributed by atoms with Crippen LogP contribution in [0, 0.1) is 0 Å². The molecule has 0 aromatic rings. The molecule has 0 fully saturated rings. The van der Waals surface area contributed by atoms with E-state index in [4.69, 9.17) is 18.9 Å². The molecule has 11 heteroatoms. The lowest BCUT2D eigenvalue weighted by atomic mass is 10.3. The van der Waals surface area contributed by atoms with E-state index < -0.39 is 0 Å². The fraction of sp³-hybridized carbons (Fsp3) is 0.700. The molecule has 180 valence electrons. The van der Waals surface area contributed by atoms with Crippen LogP contribution in [0.15, 0.2) is 12.2 Å². The van der Waals surface area contributed by atoms with Crippen molar-refractivity contribution >= 4 is 24.4 Å². The van der Waals surface area contributed by atoms with Crippen molar-refractivity contribution in [2.24, 2.45) is 5.73 Å². The second-order valence-electron chi connectivity index (χ2n) is 5.76. The quantitative estimate of drug-likeness (QED) is 0.135. The molecule has 0 heterocycles. The van der Waals surface area contributed by atoms with Crippen LogP contribution >= 0.6 is 0 Å². The number of hydrogen-bond donors (Lipinski definition) is 2. The lowest BCUT2D eigenvalue weighted by molar-refractivity contribution is -0.126. The number of likely N-dealkylation sites (N-methyl/N-ethyl adjacent to an activating group) is 1. The van der Waals surface area contributed by atoms with E-state index in [1.165, 1.54) is 11.9 Å². The summed E-state index contributed by atoms with van der Waals surface area (Å²) in [5.41, 5.74) is 4.50. The largest absolute Gasteiger partial charge is 0.379 e. The fourth-order valence-corrected chi connectivity index (χ4v) is 1.87. The number of aldehydes is 2. The van der Waals surface area contributed by atoms with Gasteiger partial charge in [-0.25, -0.2) is 0 Å². The summed E-state index contributed by atoms with van der Waals surface area (Å²) >= 11 is 0. The topological polar surface area (TPSA) is 146 Å². The molecular formula is C20H37N3O8. The van der Waals surface area contributed by atoms with Gasteiger partial charge < -0.3 is 39.7 Å². The van der Waals surface area contributed by atoms with Gasteiger partial charge in [0.2, 0.25) is 11.8 Å². The van der Waals surface area contributed by atoms with Crippen LogP contribution in [-0.2, 0) is 38.1 Å². The Balaban J connectivity index is 0. The molecule has 0 bridgehead atoms. The van der Waals surface area contributed by atoms with Gasteiger partial charge in [0, 0.05) is 39.1 Å². The Morgan fingerprint density at radius 3 is 1.90 bits per heavy atom. The highest BCUT2D eigenvalue weighted by Crippen LogP contribution is 1.91. The highest BCUT2D eigenvalue weighted by Gasteiger charge is 2.07. The van der Waals surface area contributed by atoms with Crippen molar-refractivity contribution in [3.05, 3.63) is 12.2 Å². The monoisotopic (exact) mass is 447 g/mol. The zero-order valence-electron chi connectivity index (χ0n) is 18.6. The van der Waals surface area contributed by atoms with Crippen LogP contribution in [0.5, 0.6) is 0 Å². The zero-order valence-corrected chi connectivity index (χ0v) is 18.6. The van der Waals surface area contributed by atoms with Gasteiger partial charge in [0.25, 0.3) is 0 Å². The number of hydrogen-bond acceptors (Lipinski definition) is 9. The maximum Gasteiger partial charge on any atom is 0.246 e. The van der Waals surface area contributed by atoms with Gasteiger partial charge in [-0.15, -0.1) is 0 Å². The van der Waals surface area contributed by atoms with E-state index in [2.05, 4.69) is 11.1 Å².